The van der Waals surface area contributed by atoms with E-state index in [1.165, 1.54) is 4.31 Å². The van der Waals surface area contributed by atoms with Gasteiger partial charge in [0, 0.05) is 12.3 Å². The van der Waals surface area contributed by atoms with Crippen molar-refractivity contribution in [2.75, 3.05) is 29.4 Å². The molecule has 1 heterocycles. The third-order valence-corrected chi connectivity index (χ3v) is 5.86. The van der Waals surface area contributed by atoms with E-state index in [0.717, 1.165) is 28.9 Å². The summed E-state index contributed by atoms with van der Waals surface area (Å²) in [5, 5.41) is 2.78. The van der Waals surface area contributed by atoms with Crippen LogP contribution in [0.15, 0.2) is 41.0 Å². The van der Waals surface area contributed by atoms with E-state index in [4.69, 9.17) is 4.42 Å². The Balaban J connectivity index is 1.91. The van der Waals surface area contributed by atoms with E-state index in [2.05, 4.69) is 5.32 Å². The number of nitrogens with one attached hydrogen (secondary N) is 1. The second-order valence-corrected chi connectivity index (χ2v) is 9.00. The van der Waals surface area contributed by atoms with Gasteiger partial charge in [0.1, 0.15) is 12.3 Å². The maximum atomic E-state index is 12.2. The number of nitrogens with zero attached hydrogens (tertiary/aromatic N) is 1. The first kappa shape index (κ1) is 20.4. The van der Waals surface area contributed by atoms with Gasteiger partial charge >= 0.3 is 0 Å². The van der Waals surface area contributed by atoms with Gasteiger partial charge in [-0.2, -0.15) is 11.8 Å². The SMILES string of the molecule is Cc1cccc(C)c1N(CC(=O)NCCSCc1ccco1)S(C)(=O)=O. The molecule has 0 radical (unpaired) electrons. The molecule has 1 N–H and O–H groups in total. The molecular weight excluding hydrogens is 372 g/mol. The molecule has 1 aromatic carbocycles. The Kier molecular flexibility index (Phi) is 7.16. The maximum Gasteiger partial charge on any atom is 0.240 e. The van der Waals surface area contributed by atoms with Gasteiger partial charge in [0.25, 0.3) is 0 Å². The minimum Gasteiger partial charge on any atom is -0.468 e. The number of amides is 1. The number of anilines is 1. The molecule has 0 spiro atoms. The summed E-state index contributed by atoms with van der Waals surface area (Å²) in [6.45, 7) is 3.91. The number of rotatable bonds is 9. The number of carbonyl (C=O) groups is 1. The lowest BCUT2D eigenvalue weighted by atomic mass is 10.1. The fourth-order valence-corrected chi connectivity index (χ4v) is 4.31. The predicted molar refractivity (Wildman–Crippen MR) is 106 cm³/mol. The number of carbonyl (C=O) groups excluding carboxylic acids is 1. The smallest absolute Gasteiger partial charge is 0.240 e. The van der Waals surface area contributed by atoms with Crippen molar-refractivity contribution >= 4 is 33.4 Å². The van der Waals surface area contributed by atoms with Gasteiger partial charge in [0.05, 0.1) is 24.0 Å². The van der Waals surface area contributed by atoms with E-state index < -0.39 is 10.0 Å². The molecule has 142 valence electrons. The molecule has 0 aliphatic carbocycles. The monoisotopic (exact) mass is 396 g/mol. The highest BCUT2D eigenvalue weighted by Crippen LogP contribution is 2.26. The normalized spacial score (nSPS) is 11.3. The zero-order chi connectivity index (χ0) is 19.2. The van der Waals surface area contributed by atoms with Crippen LogP contribution in [-0.4, -0.2) is 39.4 Å². The standard InChI is InChI=1S/C18H24N2O4S2/c1-14-6-4-7-15(2)18(14)20(26(3,22)23)12-17(21)19-9-11-25-13-16-8-5-10-24-16/h4-8,10H,9,11-13H2,1-3H3,(H,19,21). The highest BCUT2D eigenvalue weighted by atomic mass is 32.2. The number of furan rings is 1. The molecule has 0 aliphatic heterocycles. The largest absolute Gasteiger partial charge is 0.468 e. The lowest BCUT2D eigenvalue weighted by Gasteiger charge is -2.25. The van der Waals surface area contributed by atoms with Crippen molar-refractivity contribution in [1.82, 2.24) is 5.32 Å². The molecule has 0 atom stereocenters. The molecule has 6 nitrogen and oxygen atoms in total. The van der Waals surface area contributed by atoms with Gasteiger partial charge in [-0.1, -0.05) is 18.2 Å². The Bertz CT molecular complexity index is 813. The predicted octanol–water partition coefficient (Wildman–Crippen LogP) is 2.71. The van der Waals surface area contributed by atoms with Crippen LogP contribution in [0, 0.1) is 13.8 Å². The first-order chi connectivity index (χ1) is 12.3. The zero-order valence-corrected chi connectivity index (χ0v) is 16.8. The fraction of sp³-hybridized carbons (Fsp3) is 0.389. The van der Waals surface area contributed by atoms with E-state index >= 15 is 0 Å². The van der Waals surface area contributed by atoms with Crippen molar-refractivity contribution < 1.29 is 17.6 Å². The Labute approximate surface area is 159 Å². The van der Waals surface area contributed by atoms with Gasteiger partial charge in [-0.05, 0) is 37.1 Å². The van der Waals surface area contributed by atoms with Crippen molar-refractivity contribution in [2.45, 2.75) is 19.6 Å². The topological polar surface area (TPSA) is 79.6 Å². The van der Waals surface area contributed by atoms with E-state index in [0.29, 0.717) is 18.0 Å². The van der Waals surface area contributed by atoms with E-state index in [-0.39, 0.29) is 12.5 Å². The molecule has 0 saturated heterocycles. The average molecular weight is 397 g/mol. The molecule has 0 aliphatic rings. The number of hydrogen-bond acceptors (Lipinski definition) is 5. The molecule has 1 aromatic heterocycles. The molecule has 2 aromatic rings. The van der Waals surface area contributed by atoms with E-state index in [1.807, 2.05) is 44.2 Å². The summed E-state index contributed by atoms with van der Waals surface area (Å²) in [5.74, 6) is 2.02. The number of benzene rings is 1. The van der Waals surface area contributed by atoms with Crippen molar-refractivity contribution in [3.05, 3.63) is 53.5 Å². The number of thioether (sulfide) groups is 1. The molecule has 0 fully saturated rings. The Hall–Kier alpha value is -1.93. The number of hydrogen-bond donors (Lipinski definition) is 1. The fourth-order valence-electron chi connectivity index (χ4n) is 2.58. The van der Waals surface area contributed by atoms with Crippen LogP contribution in [0.4, 0.5) is 5.69 Å². The lowest BCUT2D eigenvalue weighted by molar-refractivity contribution is -0.119. The van der Waals surface area contributed by atoms with Crippen LogP contribution in [0.2, 0.25) is 0 Å². The molecule has 0 saturated carbocycles. The lowest BCUT2D eigenvalue weighted by Crippen LogP contribution is -2.41. The summed E-state index contributed by atoms with van der Waals surface area (Å²) < 4.78 is 30.8. The van der Waals surface area contributed by atoms with Gasteiger partial charge in [0.15, 0.2) is 0 Å². The average Bonchev–Trinajstić information content (AvgIpc) is 3.06. The number of sulfonamides is 1. The van der Waals surface area contributed by atoms with Crippen LogP contribution < -0.4 is 9.62 Å². The number of para-hydroxylation sites is 1. The summed E-state index contributed by atoms with van der Waals surface area (Å²) >= 11 is 1.64. The Morgan fingerprint density at radius 3 is 2.46 bits per heavy atom. The minimum absolute atomic E-state index is 0.229. The summed E-state index contributed by atoms with van der Waals surface area (Å²) in [6, 6.07) is 9.28. The van der Waals surface area contributed by atoms with Gasteiger partial charge < -0.3 is 9.73 Å². The first-order valence-electron chi connectivity index (χ1n) is 8.20. The van der Waals surface area contributed by atoms with Gasteiger partial charge in [-0.15, -0.1) is 0 Å². The summed E-state index contributed by atoms with van der Waals surface area (Å²) in [6.07, 6.45) is 2.75. The summed E-state index contributed by atoms with van der Waals surface area (Å²) in [5.41, 5.74) is 2.20. The first-order valence-corrected chi connectivity index (χ1v) is 11.2. The molecule has 0 unspecified atom stereocenters. The van der Waals surface area contributed by atoms with Gasteiger partial charge in [-0.3, -0.25) is 9.10 Å². The molecule has 8 heteroatoms. The third-order valence-electron chi connectivity index (χ3n) is 3.77. The molecule has 0 bridgehead atoms. The highest BCUT2D eigenvalue weighted by Gasteiger charge is 2.23. The van der Waals surface area contributed by atoms with Crippen LogP contribution in [-0.2, 0) is 20.6 Å². The van der Waals surface area contributed by atoms with Crippen LogP contribution in [0.1, 0.15) is 16.9 Å². The maximum absolute atomic E-state index is 12.2. The summed E-state index contributed by atoms with van der Waals surface area (Å²) in [4.78, 5) is 12.2. The number of aryl methyl sites for hydroxylation is 2. The summed E-state index contributed by atoms with van der Waals surface area (Å²) in [7, 11) is -3.57. The minimum atomic E-state index is -3.57. The highest BCUT2D eigenvalue weighted by molar-refractivity contribution is 7.98. The van der Waals surface area contributed by atoms with E-state index in [1.54, 1.807) is 18.0 Å². The Morgan fingerprint density at radius 1 is 1.19 bits per heavy atom. The molecule has 26 heavy (non-hydrogen) atoms. The van der Waals surface area contributed by atoms with Crippen molar-refractivity contribution in [3.8, 4) is 0 Å². The van der Waals surface area contributed by atoms with Gasteiger partial charge in [0.2, 0.25) is 15.9 Å². The van der Waals surface area contributed by atoms with Crippen molar-refractivity contribution in [3.63, 3.8) is 0 Å². The molecule has 1 amide bonds. The van der Waals surface area contributed by atoms with E-state index in [9.17, 15) is 13.2 Å². The van der Waals surface area contributed by atoms with Crippen LogP contribution >= 0.6 is 11.8 Å². The second kappa shape index (κ2) is 9.14. The van der Waals surface area contributed by atoms with Crippen molar-refractivity contribution in [1.29, 1.82) is 0 Å². The second-order valence-electron chi connectivity index (χ2n) is 5.99. The van der Waals surface area contributed by atoms with Gasteiger partial charge in [-0.25, -0.2) is 8.42 Å². The van der Waals surface area contributed by atoms with Crippen LogP contribution in [0.3, 0.4) is 0 Å². The Morgan fingerprint density at radius 2 is 1.88 bits per heavy atom. The zero-order valence-electron chi connectivity index (χ0n) is 15.2. The molecular formula is C18H24N2O4S2. The quantitative estimate of drug-likeness (QED) is 0.659. The van der Waals surface area contributed by atoms with Crippen LogP contribution in [0.25, 0.3) is 0 Å². The third kappa shape index (κ3) is 5.81. The van der Waals surface area contributed by atoms with Crippen LogP contribution in [0.5, 0.6) is 0 Å². The molecule has 2 rings (SSSR count). The van der Waals surface area contributed by atoms with Crippen molar-refractivity contribution in [2.24, 2.45) is 0 Å².